The zero-order chi connectivity index (χ0) is 25.3. The van der Waals surface area contributed by atoms with Crippen LogP contribution in [-0.4, -0.2) is 43.1 Å². The molecule has 35 heavy (non-hydrogen) atoms. The van der Waals surface area contributed by atoms with Gasteiger partial charge in [-0.25, -0.2) is 8.42 Å². The molecule has 188 valence electrons. The molecule has 0 radical (unpaired) electrons. The normalized spacial score (nSPS) is 14.1. The number of benzene rings is 2. The van der Waals surface area contributed by atoms with E-state index in [0.717, 1.165) is 10.2 Å². The summed E-state index contributed by atoms with van der Waals surface area (Å²) in [6.45, 7) is 11.7. The summed E-state index contributed by atoms with van der Waals surface area (Å²) in [5.74, 6) is 1.34. The van der Waals surface area contributed by atoms with Gasteiger partial charge in [0.05, 0.1) is 15.1 Å². The Bertz CT molecular complexity index is 1390. The van der Waals surface area contributed by atoms with Crippen LogP contribution < -0.4 is 14.3 Å². The number of sulfonamides is 1. The standard InChI is InChI=1S/C25H31N3O5S2/c1-6-28-20-11-21-22(33-15-32-21)12-23(20)34-25(28)26-24(29)18-7-9-19(10-8-18)35(30,31)27(13-16(2)3)14-17(4)5/h7-12,16-17H,6,13-15H2,1-5H3. The fraction of sp³-hybridized carbons (Fsp3) is 0.440. The molecule has 1 aromatic heterocycles. The molecule has 0 fully saturated rings. The minimum Gasteiger partial charge on any atom is -0.454 e. The molecule has 0 saturated heterocycles. The highest BCUT2D eigenvalue weighted by molar-refractivity contribution is 7.89. The van der Waals surface area contributed by atoms with Gasteiger partial charge in [-0.2, -0.15) is 9.30 Å². The average Bonchev–Trinajstić information content (AvgIpc) is 3.39. The van der Waals surface area contributed by atoms with Crippen molar-refractivity contribution >= 4 is 37.5 Å². The molecule has 0 saturated carbocycles. The number of hydrogen-bond donors (Lipinski definition) is 0. The summed E-state index contributed by atoms with van der Waals surface area (Å²) in [6, 6.07) is 9.84. The van der Waals surface area contributed by atoms with Crippen LogP contribution in [0, 0.1) is 11.8 Å². The van der Waals surface area contributed by atoms with E-state index in [1.807, 2.05) is 51.3 Å². The summed E-state index contributed by atoms with van der Waals surface area (Å²) in [4.78, 5) is 18.0. The maximum Gasteiger partial charge on any atom is 0.279 e. The number of carbonyl (C=O) groups is 1. The summed E-state index contributed by atoms with van der Waals surface area (Å²) in [5, 5.41) is 0. The third kappa shape index (κ3) is 5.29. The largest absolute Gasteiger partial charge is 0.454 e. The maximum absolute atomic E-state index is 13.2. The number of nitrogens with zero attached hydrogens (tertiary/aromatic N) is 3. The molecule has 2 aromatic carbocycles. The Morgan fingerprint density at radius 3 is 2.23 bits per heavy atom. The summed E-state index contributed by atoms with van der Waals surface area (Å²) in [6.07, 6.45) is 0. The Morgan fingerprint density at radius 1 is 1.06 bits per heavy atom. The highest BCUT2D eigenvalue weighted by Crippen LogP contribution is 2.37. The van der Waals surface area contributed by atoms with E-state index in [1.165, 1.54) is 39.9 Å². The third-order valence-electron chi connectivity index (χ3n) is 5.57. The Labute approximate surface area is 209 Å². The van der Waals surface area contributed by atoms with Crippen molar-refractivity contribution in [2.75, 3.05) is 19.9 Å². The highest BCUT2D eigenvalue weighted by atomic mass is 32.2. The summed E-state index contributed by atoms with van der Waals surface area (Å²) in [5.41, 5.74) is 1.25. The first-order chi connectivity index (χ1) is 16.6. The number of thiazole rings is 1. The Kier molecular flexibility index (Phi) is 7.35. The Morgan fingerprint density at radius 2 is 1.66 bits per heavy atom. The fourth-order valence-electron chi connectivity index (χ4n) is 4.01. The van der Waals surface area contributed by atoms with Crippen LogP contribution in [0.4, 0.5) is 0 Å². The van der Waals surface area contributed by atoms with Crippen LogP contribution in [0.25, 0.3) is 10.2 Å². The number of rotatable bonds is 8. The molecular weight excluding hydrogens is 486 g/mol. The van der Waals surface area contributed by atoms with Crippen molar-refractivity contribution < 1.29 is 22.7 Å². The summed E-state index contributed by atoms with van der Waals surface area (Å²) in [7, 11) is -3.66. The average molecular weight is 518 g/mol. The molecule has 4 rings (SSSR count). The van der Waals surface area contributed by atoms with Crippen molar-refractivity contribution in [1.29, 1.82) is 0 Å². The van der Waals surface area contributed by atoms with Gasteiger partial charge >= 0.3 is 0 Å². The second-order valence-electron chi connectivity index (χ2n) is 9.35. The Hall–Kier alpha value is -2.69. The predicted octanol–water partition coefficient (Wildman–Crippen LogP) is 4.50. The van der Waals surface area contributed by atoms with Gasteiger partial charge < -0.3 is 14.0 Å². The smallest absolute Gasteiger partial charge is 0.279 e. The molecule has 1 aliphatic heterocycles. The molecule has 0 atom stereocenters. The van der Waals surface area contributed by atoms with Crippen LogP contribution in [0.5, 0.6) is 11.5 Å². The number of ether oxygens (including phenoxy) is 2. The molecule has 2 heterocycles. The summed E-state index contributed by atoms with van der Waals surface area (Å²) < 4.78 is 41.8. The fourth-order valence-corrected chi connectivity index (χ4v) is 6.88. The lowest BCUT2D eigenvalue weighted by Crippen LogP contribution is -2.37. The molecule has 0 bridgehead atoms. The van der Waals surface area contributed by atoms with E-state index in [4.69, 9.17) is 9.47 Å². The maximum atomic E-state index is 13.2. The van der Waals surface area contributed by atoms with E-state index < -0.39 is 15.9 Å². The molecule has 8 nitrogen and oxygen atoms in total. The van der Waals surface area contributed by atoms with Gasteiger partial charge in [-0.1, -0.05) is 39.0 Å². The van der Waals surface area contributed by atoms with Crippen LogP contribution in [0.1, 0.15) is 45.0 Å². The first-order valence-electron chi connectivity index (χ1n) is 11.7. The van der Waals surface area contributed by atoms with E-state index in [9.17, 15) is 13.2 Å². The lowest BCUT2D eigenvalue weighted by Gasteiger charge is -2.25. The van der Waals surface area contributed by atoms with Crippen molar-refractivity contribution in [3.8, 4) is 11.5 Å². The highest BCUT2D eigenvalue weighted by Gasteiger charge is 2.26. The quantitative estimate of drug-likeness (QED) is 0.439. The first kappa shape index (κ1) is 25.4. The van der Waals surface area contributed by atoms with E-state index in [0.29, 0.717) is 41.5 Å². The van der Waals surface area contributed by atoms with Gasteiger partial charge in [0.2, 0.25) is 16.8 Å². The number of amides is 1. The van der Waals surface area contributed by atoms with Gasteiger partial charge in [0.25, 0.3) is 5.91 Å². The van der Waals surface area contributed by atoms with Crippen LogP contribution in [0.15, 0.2) is 46.3 Å². The van der Waals surface area contributed by atoms with E-state index in [-0.39, 0.29) is 23.5 Å². The molecule has 0 aliphatic carbocycles. The molecule has 1 aliphatic rings. The molecule has 3 aromatic rings. The van der Waals surface area contributed by atoms with E-state index >= 15 is 0 Å². The van der Waals surface area contributed by atoms with Crippen molar-refractivity contribution in [3.63, 3.8) is 0 Å². The van der Waals surface area contributed by atoms with Gasteiger partial charge in [0.15, 0.2) is 16.3 Å². The number of aromatic nitrogens is 1. The van der Waals surface area contributed by atoms with Crippen molar-refractivity contribution in [1.82, 2.24) is 8.87 Å². The van der Waals surface area contributed by atoms with Crippen LogP contribution in [-0.2, 0) is 16.6 Å². The first-order valence-corrected chi connectivity index (χ1v) is 14.0. The van der Waals surface area contributed by atoms with Gasteiger partial charge in [0, 0.05) is 37.3 Å². The van der Waals surface area contributed by atoms with Gasteiger partial charge in [-0.05, 0) is 43.0 Å². The molecule has 1 amide bonds. The van der Waals surface area contributed by atoms with E-state index in [2.05, 4.69) is 4.99 Å². The number of carbonyl (C=O) groups excluding carboxylic acids is 1. The van der Waals surface area contributed by atoms with Crippen molar-refractivity contribution in [3.05, 3.63) is 46.8 Å². The molecule has 0 unspecified atom stereocenters. The zero-order valence-corrected chi connectivity index (χ0v) is 22.3. The van der Waals surface area contributed by atoms with Crippen LogP contribution in [0.2, 0.25) is 0 Å². The second-order valence-corrected chi connectivity index (χ2v) is 12.3. The van der Waals surface area contributed by atoms with Gasteiger partial charge in [-0.3, -0.25) is 4.79 Å². The monoisotopic (exact) mass is 517 g/mol. The topological polar surface area (TPSA) is 90.2 Å². The van der Waals surface area contributed by atoms with Crippen LogP contribution in [0.3, 0.4) is 0 Å². The minimum absolute atomic E-state index is 0.176. The second kappa shape index (κ2) is 10.1. The zero-order valence-electron chi connectivity index (χ0n) is 20.6. The summed E-state index contributed by atoms with van der Waals surface area (Å²) >= 11 is 1.40. The van der Waals surface area contributed by atoms with Crippen molar-refractivity contribution in [2.24, 2.45) is 16.8 Å². The number of fused-ring (bicyclic) bond motifs is 2. The SMILES string of the molecule is CCn1c(=NC(=O)c2ccc(S(=O)(=O)N(CC(C)C)CC(C)C)cc2)sc2cc3c(cc21)OCO3. The minimum atomic E-state index is -3.66. The molecule has 0 spiro atoms. The van der Waals surface area contributed by atoms with Gasteiger partial charge in [0.1, 0.15) is 0 Å². The van der Waals surface area contributed by atoms with E-state index in [1.54, 1.807) is 0 Å². The third-order valence-corrected chi connectivity index (χ3v) is 8.45. The number of aryl methyl sites for hydroxylation is 1. The van der Waals surface area contributed by atoms with Crippen LogP contribution >= 0.6 is 11.3 Å². The molecule has 0 N–H and O–H groups in total. The van der Waals surface area contributed by atoms with Gasteiger partial charge in [-0.15, -0.1) is 0 Å². The lowest BCUT2D eigenvalue weighted by molar-refractivity contribution is 0.0997. The molecular formula is C25H31N3O5S2. The predicted molar refractivity (Wildman–Crippen MR) is 136 cm³/mol. The molecule has 10 heteroatoms. The van der Waals surface area contributed by atoms with Crippen molar-refractivity contribution in [2.45, 2.75) is 46.1 Å². The number of hydrogen-bond acceptors (Lipinski definition) is 6. The lowest BCUT2D eigenvalue weighted by atomic mass is 10.2. The Balaban J connectivity index is 1.63.